The Labute approximate surface area is 141 Å². The fraction of sp³-hybridized carbons (Fsp3) is 0.933. The van der Waals surface area contributed by atoms with Gasteiger partial charge in [-0.2, -0.15) is 0 Å². The van der Waals surface area contributed by atoms with E-state index in [0.29, 0.717) is 0 Å². The molecule has 4 nitrogen and oxygen atoms in total. The molecule has 0 radical (unpaired) electrons. The Morgan fingerprint density at radius 2 is 1.55 bits per heavy atom. The summed E-state index contributed by atoms with van der Waals surface area (Å²) >= 11 is 0. The van der Waals surface area contributed by atoms with Crippen LogP contribution in [-0.2, 0) is 0 Å². The van der Waals surface area contributed by atoms with E-state index in [2.05, 4.69) is 22.0 Å². The van der Waals surface area contributed by atoms with Crippen molar-refractivity contribution in [2.24, 2.45) is 4.99 Å². The average Bonchev–Trinajstić information content (AvgIpc) is 2.83. The van der Waals surface area contributed by atoms with E-state index in [1.54, 1.807) is 0 Å². The molecule has 0 aromatic carbocycles. The molecule has 0 bridgehead atoms. The van der Waals surface area contributed by atoms with Gasteiger partial charge in [-0.25, -0.2) is 0 Å². The molecule has 2 heterocycles. The molecule has 2 rings (SSSR count). The van der Waals surface area contributed by atoms with Crippen molar-refractivity contribution in [1.29, 1.82) is 0 Å². The molecule has 0 atom stereocenters. The first-order valence-corrected chi connectivity index (χ1v) is 8.16. The first-order valence-electron chi connectivity index (χ1n) is 8.16. The number of nitrogens with one attached hydrogen (secondary N) is 1. The molecule has 118 valence electrons. The normalized spacial score (nSPS) is 21.4. The lowest BCUT2D eigenvalue weighted by Crippen LogP contribution is -2.40. The van der Waals surface area contributed by atoms with Crippen LogP contribution < -0.4 is 5.32 Å². The minimum absolute atomic E-state index is 0. The maximum absolute atomic E-state index is 4.81. The van der Waals surface area contributed by atoms with Gasteiger partial charge in [-0.1, -0.05) is 12.8 Å². The van der Waals surface area contributed by atoms with Crippen molar-refractivity contribution in [3.8, 4) is 0 Å². The van der Waals surface area contributed by atoms with E-state index in [9.17, 15) is 0 Å². The number of rotatable bonds is 4. The minimum Gasteiger partial charge on any atom is -0.357 e. The molecule has 0 amide bonds. The Morgan fingerprint density at radius 3 is 2.15 bits per heavy atom. The van der Waals surface area contributed by atoms with E-state index < -0.39 is 0 Å². The molecule has 0 aliphatic carbocycles. The molecule has 0 aromatic heterocycles. The van der Waals surface area contributed by atoms with E-state index in [1.807, 2.05) is 0 Å². The van der Waals surface area contributed by atoms with Gasteiger partial charge in [-0.3, -0.25) is 4.99 Å². The molecule has 0 spiro atoms. The molecule has 2 aliphatic rings. The van der Waals surface area contributed by atoms with Gasteiger partial charge in [-0.15, -0.1) is 24.0 Å². The fourth-order valence-electron chi connectivity index (χ4n) is 3.01. The molecule has 2 aliphatic heterocycles. The number of likely N-dealkylation sites (tertiary alicyclic amines) is 2. The molecule has 0 aromatic rings. The Kier molecular flexibility index (Phi) is 9.59. The van der Waals surface area contributed by atoms with Crippen LogP contribution in [0.3, 0.4) is 0 Å². The predicted octanol–water partition coefficient (Wildman–Crippen LogP) is 2.54. The third-order valence-electron chi connectivity index (χ3n) is 4.12. The number of nitrogens with zero attached hydrogens (tertiary/aromatic N) is 3. The Balaban J connectivity index is 0.00000200. The Hall–Kier alpha value is -0.0400. The van der Waals surface area contributed by atoms with Gasteiger partial charge < -0.3 is 15.1 Å². The second-order valence-corrected chi connectivity index (χ2v) is 5.69. The first kappa shape index (κ1) is 18.0. The summed E-state index contributed by atoms with van der Waals surface area (Å²) in [5.74, 6) is 1.13. The highest BCUT2D eigenvalue weighted by Gasteiger charge is 2.15. The predicted molar refractivity (Wildman–Crippen MR) is 97.1 cm³/mol. The monoisotopic (exact) mass is 394 g/mol. The van der Waals surface area contributed by atoms with Crippen LogP contribution in [0.2, 0.25) is 0 Å². The van der Waals surface area contributed by atoms with Crippen LogP contribution >= 0.6 is 24.0 Å². The largest absolute Gasteiger partial charge is 0.357 e. The van der Waals surface area contributed by atoms with Crippen LogP contribution in [0, 0.1) is 0 Å². The van der Waals surface area contributed by atoms with Gasteiger partial charge in [-0.05, 0) is 45.7 Å². The second kappa shape index (κ2) is 10.7. The number of halogens is 1. The maximum Gasteiger partial charge on any atom is 0.193 e. The zero-order valence-electron chi connectivity index (χ0n) is 12.9. The third kappa shape index (κ3) is 6.16. The Bertz CT molecular complexity index is 269. The van der Waals surface area contributed by atoms with Gasteiger partial charge in [0.1, 0.15) is 0 Å². The van der Waals surface area contributed by atoms with Crippen molar-refractivity contribution >= 4 is 29.9 Å². The van der Waals surface area contributed by atoms with Crippen LogP contribution in [-0.4, -0.2) is 61.6 Å². The summed E-state index contributed by atoms with van der Waals surface area (Å²) in [6.07, 6.45) is 8.20. The molecule has 2 fully saturated rings. The molecular formula is C15H31IN4. The smallest absolute Gasteiger partial charge is 0.193 e. The number of hydrogen-bond acceptors (Lipinski definition) is 2. The summed E-state index contributed by atoms with van der Waals surface area (Å²) in [7, 11) is 0. The van der Waals surface area contributed by atoms with Gasteiger partial charge in [0.05, 0.1) is 6.54 Å². The lowest BCUT2D eigenvalue weighted by molar-refractivity contribution is 0.293. The standard InChI is InChI=1S/C15H30N4.HI/c1-2-16-15(19-12-7-8-13-19)17-9-14-18-10-5-3-4-6-11-18;/h2-14H2,1H3,(H,16,17);1H. The van der Waals surface area contributed by atoms with Crippen molar-refractivity contribution in [3.05, 3.63) is 0 Å². The van der Waals surface area contributed by atoms with Crippen molar-refractivity contribution in [2.75, 3.05) is 45.8 Å². The SMILES string of the molecule is CCNC(=NCCN1CCCCCC1)N1CCCC1.I. The van der Waals surface area contributed by atoms with Crippen LogP contribution in [0.1, 0.15) is 45.4 Å². The topological polar surface area (TPSA) is 30.9 Å². The molecule has 20 heavy (non-hydrogen) atoms. The van der Waals surface area contributed by atoms with Crippen LogP contribution in [0.4, 0.5) is 0 Å². The second-order valence-electron chi connectivity index (χ2n) is 5.69. The third-order valence-corrected chi connectivity index (χ3v) is 4.12. The highest BCUT2D eigenvalue weighted by Crippen LogP contribution is 2.10. The fourth-order valence-corrected chi connectivity index (χ4v) is 3.01. The van der Waals surface area contributed by atoms with Gasteiger partial charge in [0.2, 0.25) is 0 Å². The lowest BCUT2D eigenvalue weighted by atomic mass is 10.2. The van der Waals surface area contributed by atoms with E-state index in [-0.39, 0.29) is 24.0 Å². The molecule has 1 N–H and O–H groups in total. The molecule has 2 saturated heterocycles. The van der Waals surface area contributed by atoms with Crippen molar-refractivity contribution in [3.63, 3.8) is 0 Å². The number of aliphatic imine (C=N–C) groups is 1. The van der Waals surface area contributed by atoms with Crippen molar-refractivity contribution in [2.45, 2.75) is 45.4 Å². The van der Waals surface area contributed by atoms with E-state index in [4.69, 9.17) is 4.99 Å². The molecular weight excluding hydrogens is 363 g/mol. The van der Waals surface area contributed by atoms with Gasteiger partial charge in [0, 0.05) is 26.2 Å². The highest BCUT2D eigenvalue weighted by atomic mass is 127. The summed E-state index contributed by atoms with van der Waals surface area (Å²) in [6.45, 7) is 10.1. The average molecular weight is 394 g/mol. The van der Waals surface area contributed by atoms with E-state index in [0.717, 1.165) is 25.6 Å². The van der Waals surface area contributed by atoms with Crippen molar-refractivity contribution < 1.29 is 0 Å². The first-order chi connectivity index (χ1) is 9.40. The van der Waals surface area contributed by atoms with Crippen LogP contribution in [0.25, 0.3) is 0 Å². The van der Waals surface area contributed by atoms with E-state index in [1.165, 1.54) is 64.7 Å². The van der Waals surface area contributed by atoms with Crippen LogP contribution in [0.15, 0.2) is 4.99 Å². The lowest BCUT2D eigenvalue weighted by Gasteiger charge is -2.22. The van der Waals surface area contributed by atoms with Crippen LogP contribution in [0.5, 0.6) is 0 Å². The molecule has 0 unspecified atom stereocenters. The van der Waals surface area contributed by atoms with Gasteiger partial charge in [0.25, 0.3) is 0 Å². The molecule has 5 heteroatoms. The maximum atomic E-state index is 4.81. The summed E-state index contributed by atoms with van der Waals surface area (Å²) in [5.41, 5.74) is 0. The summed E-state index contributed by atoms with van der Waals surface area (Å²) in [5, 5.41) is 3.43. The Morgan fingerprint density at radius 1 is 0.950 bits per heavy atom. The molecule has 0 saturated carbocycles. The quantitative estimate of drug-likeness (QED) is 0.452. The van der Waals surface area contributed by atoms with Gasteiger partial charge >= 0.3 is 0 Å². The number of hydrogen-bond donors (Lipinski definition) is 1. The zero-order chi connectivity index (χ0) is 13.3. The zero-order valence-corrected chi connectivity index (χ0v) is 15.3. The highest BCUT2D eigenvalue weighted by molar-refractivity contribution is 14.0. The summed E-state index contributed by atoms with van der Waals surface area (Å²) < 4.78 is 0. The minimum atomic E-state index is 0. The summed E-state index contributed by atoms with van der Waals surface area (Å²) in [4.78, 5) is 9.81. The van der Waals surface area contributed by atoms with Gasteiger partial charge in [0.15, 0.2) is 5.96 Å². The van der Waals surface area contributed by atoms with Crippen molar-refractivity contribution in [1.82, 2.24) is 15.1 Å². The summed E-state index contributed by atoms with van der Waals surface area (Å²) in [6, 6.07) is 0. The number of guanidine groups is 1. The van der Waals surface area contributed by atoms with E-state index >= 15 is 0 Å².